The Morgan fingerprint density at radius 1 is 1.33 bits per heavy atom. The van der Waals surface area contributed by atoms with Gasteiger partial charge in [-0.3, -0.25) is 0 Å². The molecular weight excluding hydrogens is 341 g/mol. The van der Waals surface area contributed by atoms with Crippen molar-refractivity contribution in [2.24, 2.45) is 0 Å². The van der Waals surface area contributed by atoms with Crippen molar-refractivity contribution < 1.29 is 22.7 Å². The molecule has 8 heteroatoms. The number of carbonyl (C=O) groups is 1. The number of nitrogens with zero attached hydrogens (tertiary/aromatic N) is 1. The van der Waals surface area contributed by atoms with Crippen molar-refractivity contribution in [2.45, 2.75) is 12.7 Å². The number of benzene rings is 1. The number of carbonyl (C=O) groups excluding carboxylic acids is 1. The molecule has 0 radical (unpaired) electrons. The van der Waals surface area contributed by atoms with Crippen molar-refractivity contribution in [1.29, 1.82) is 0 Å². The van der Waals surface area contributed by atoms with Crippen LogP contribution in [-0.4, -0.2) is 31.2 Å². The number of hydrogen-bond acceptors (Lipinski definition) is 3. The average molecular weight is 358 g/mol. The van der Waals surface area contributed by atoms with E-state index in [4.69, 9.17) is 4.74 Å². The lowest BCUT2D eigenvalue weighted by Gasteiger charge is -2.22. The molecular formula is C16H17F3N2O2S. The van der Waals surface area contributed by atoms with Gasteiger partial charge < -0.3 is 15.0 Å². The first kappa shape index (κ1) is 18.3. The van der Waals surface area contributed by atoms with E-state index >= 15 is 0 Å². The molecule has 0 atom stereocenters. The quantitative estimate of drug-likeness (QED) is 0.829. The summed E-state index contributed by atoms with van der Waals surface area (Å²) in [6.45, 7) is 1.02. The van der Waals surface area contributed by atoms with Crippen molar-refractivity contribution in [3.05, 3.63) is 52.2 Å². The molecule has 0 bridgehead atoms. The molecule has 0 unspecified atom stereocenters. The second-order valence-electron chi connectivity index (χ2n) is 5.05. The Labute approximate surface area is 141 Å². The van der Waals surface area contributed by atoms with Crippen molar-refractivity contribution in [3.8, 4) is 0 Å². The minimum atomic E-state index is -4.45. The Morgan fingerprint density at radius 2 is 2.12 bits per heavy atom. The normalized spacial score (nSPS) is 11.3. The van der Waals surface area contributed by atoms with E-state index in [9.17, 15) is 18.0 Å². The molecule has 1 N–H and O–H groups in total. The number of amides is 2. The summed E-state index contributed by atoms with van der Waals surface area (Å²) in [4.78, 5) is 13.9. The molecule has 24 heavy (non-hydrogen) atoms. The summed E-state index contributed by atoms with van der Waals surface area (Å²) in [6, 6.07) is 5.98. The fourth-order valence-corrected chi connectivity index (χ4v) is 2.69. The van der Waals surface area contributed by atoms with Gasteiger partial charge in [0.25, 0.3) is 0 Å². The Hall–Kier alpha value is -2.06. The van der Waals surface area contributed by atoms with Crippen LogP contribution < -0.4 is 5.32 Å². The van der Waals surface area contributed by atoms with Crippen LogP contribution in [0.3, 0.4) is 0 Å². The smallest absolute Gasteiger partial charge is 0.383 e. The Bertz CT molecular complexity index is 660. The predicted molar refractivity (Wildman–Crippen MR) is 87.1 cm³/mol. The van der Waals surface area contributed by atoms with E-state index in [2.05, 4.69) is 5.32 Å². The van der Waals surface area contributed by atoms with E-state index in [0.29, 0.717) is 19.7 Å². The molecule has 0 saturated heterocycles. The maximum Gasteiger partial charge on any atom is 0.416 e. The van der Waals surface area contributed by atoms with Crippen LogP contribution in [0, 0.1) is 0 Å². The summed E-state index contributed by atoms with van der Waals surface area (Å²) < 4.78 is 43.2. The van der Waals surface area contributed by atoms with Crippen LogP contribution in [0.1, 0.15) is 11.1 Å². The van der Waals surface area contributed by atoms with Gasteiger partial charge >= 0.3 is 12.2 Å². The first-order valence-electron chi connectivity index (χ1n) is 7.13. The molecule has 130 valence electrons. The van der Waals surface area contributed by atoms with Gasteiger partial charge in [0.15, 0.2) is 0 Å². The van der Waals surface area contributed by atoms with Gasteiger partial charge in [-0.1, -0.05) is 6.07 Å². The van der Waals surface area contributed by atoms with E-state index in [0.717, 1.165) is 17.7 Å². The lowest BCUT2D eigenvalue weighted by Crippen LogP contribution is -2.36. The largest absolute Gasteiger partial charge is 0.416 e. The monoisotopic (exact) mass is 358 g/mol. The predicted octanol–water partition coefficient (Wildman–Crippen LogP) is 4.45. The van der Waals surface area contributed by atoms with Crippen LogP contribution in [0.5, 0.6) is 0 Å². The number of rotatable bonds is 6. The summed E-state index contributed by atoms with van der Waals surface area (Å²) in [5, 5.41) is 6.32. The van der Waals surface area contributed by atoms with Gasteiger partial charge in [-0.05, 0) is 40.6 Å². The number of methoxy groups -OCH3 is 1. The average Bonchev–Trinajstić information content (AvgIpc) is 3.04. The Balaban J connectivity index is 2.09. The standard InChI is InChI=1S/C16H17F3N2O2S/c1-23-7-6-21(10-12-5-8-24-11-12)15(22)20-14-4-2-3-13(9-14)16(17,18)19/h2-5,8-9,11H,6-7,10H2,1H3,(H,20,22). The molecule has 0 aliphatic rings. The fraction of sp³-hybridized carbons (Fsp3) is 0.312. The first-order chi connectivity index (χ1) is 11.4. The number of nitrogens with one attached hydrogen (secondary N) is 1. The van der Waals surface area contributed by atoms with Crippen molar-refractivity contribution in [1.82, 2.24) is 4.90 Å². The zero-order valence-electron chi connectivity index (χ0n) is 13.0. The molecule has 2 amide bonds. The maximum atomic E-state index is 12.7. The van der Waals surface area contributed by atoms with Crippen molar-refractivity contribution in [3.63, 3.8) is 0 Å². The fourth-order valence-electron chi connectivity index (χ4n) is 2.03. The first-order valence-corrected chi connectivity index (χ1v) is 8.07. The number of thiophene rings is 1. The van der Waals surface area contributed by atoms with Crippen LogP contribution in [0.4, 0.5) is 23.7 Å². The second kappa shape index (κ2) is 8.16. The lowest BCUT2D eigenvalue weighted by atomic mass is 10.2. The molecule has 0 aliphatic carbocycles. The summed E-state index contributed by atoms with van der Waals surface area (Å²) in [6.07, 6.45) is -4.45. The molecule has 1 aromatic carbocycles. The summed E-state index contributed by atoms with van der Waals surface area (Å²) in [5.41, 5.74) is 0.249. The highest BCUT2D eigenvalue weighted by molar-refractivity contribution is 7.07. The minimum Gasteiger partial charge on any atom is -0.383 e. The lowest BCUT2D eigenvalue weighted by molar-refractivity contribution is -0.137. The number of halogens is 3. The molecule has 0 saturated carbocycles. The van der Waals surface area contributed by atoms with Crippen LogP contribution in [-0.2, 0) is 17.5 Å². The SMILES string of the molecule is COCCN(Cc1ccsc1)C(=O)Nc1cccc(C(F)(F)F)c1. The third-order valence-corrected chi connectivity index (χ3v) is 3.98. The summed E-state index contributed by atoms with van der Waals surface area (Å²) in [7, 11) is 1.52. The number of anilines is 1. The zero-order chi connectivity index (χ0) is 17.6. The second-order valence-corrected chi connectivity index (χ2v) is 5.83. The van der Waals surface area contributed by atoms with E-state index in [-0.39, 0.29) is 5.69 Å². The Kier molecular flexibility index (Phi) is 6.22. The topological polar surface area (TPSA) is 41.6 Å². The summed E-state index contributed by atoms with van der Waals surface area (Å²) in [5.74, 6) is 0. The highest BCUT2D eigenvalue weighted by Crippen LogP contribution is 2.30. The van der Waals surface area contributed by atoms with Crippen LogP contribution >= 0.6 is 11.3 Å². The molecule has 0 spiro atoms. The third-order valence-electron chi connectivity index (χ3n) is 3.25. The van der Waals surface area contributed by atoms with Gasteiger partial charge in [0.2, 0.25) is 0 Å². The molecule has 0 aliphatic heterocycles. The van der Waals surface area contributed by atoms with E-state index in [1.54, 1.807) is 0 Å². The maximum absolute atomic E-state index is 12.7. The van der Waals surface area contributed by atoms with Crippen LogP contribution in [0.25, 0.3) is 0 Å². The van der Waals surface area contributed by atoms with Gasteiger partial charge in [0.1, 0.15) is 0 Å². The van der Waals surface area contributed by atoms with Gasteiger partial charge in [-0.15, -0.1) is 0 Å². The van der Waals surface area contributed by atoms with Gasteiger partial charge in [0, 0.05) is 25.9 Å². The molecule has 2 aromatic rings. The number of urea groups is 1. The van der Waals surface area contributed by atoms with Gasteiger partial charge in [-0.25, -0.2) is 4.79 Å². The zero-order valence-corrected chi connectivity index (χ0v) is 13.8. The van der Waals surface area contributed by atoms with Crippen molar-refractivity contribution in [2.75, 3.05) is 25.6 Å². The van der Waals surface area contributed by atoms with Crippen LogP contribution in [0.15, 0.2) is 41.1 Å². The molecule has 4 nitrogen and oxygen atoms in total. The minimum absolute atomic E-state index is 0.0996. The Morgan fingerprint density at radius 3 is 2.75 bits per heavy atom. The molecule has 0 fully saturated rings. The van der Waals surface area contributed by atoms with E-state index < -0.39 is 17.8 Å². The van der Waals surface area contributed by atoms with Gasteiger partial charge in [-0.2, -0.15) is 24.5 Å². The number of ether oxygens (including phenoxy) is 1. The highest BCUT2D eigenvalue weighted by atomic mass is 32.1. The molecule has 2 rings (SSSR count). The molecule has 1 aromatic heterocycles. The summed E-state index contributed by atoms with van der Waals surface area (Å²) >= 11 is 1.51. The van der Waals surface area contributed by atoms with Crippen LogP contribution in [0.2, 0.25) is 0 Å². The van der Waals surface area contributed by atoms with Crippen molar-refractivity contribution >= 4 is 23.1 Å². The van der Waals surface area contributed by atoms with E-state index in [1.165, 1.54) is 35.5 Å². The molecule has 1 heterocycles. The van der Waals surface area contributed by atoms with Gasteiger partial charge in [0.05, 0.1) is 12.2 Å². The highest BCUT2D eigenvalue weighted by Gasteiger charge is 2.30. The number of alkyl halides is 3. The third kappa shape index (κ3) is 5.24. The van der Waals surface area contributed by atoms with E-state index in [1.807, 2.05) is 16.8 Å². The number of hydrogen-bond donors (Lipinski definition) is 1.